The normalized spacial score (nSPS) is 28.2. The molecule has 8 aromatic rings. The van der Waals surface area contributed by atoms with Crippen LogP contribution in [0.25, 0.3) is 49.4 Å². The van der Waals surface area contributed by atoms with Crippen molar-refractivity contribution >= 4 is 113 Å². The van der Waals surface area contributed by atoms with E-state index in [1.54, 1.807) is 9.80 Å². The molecule has 12 heterocycles. The third kappa shape index (κ3) is 17.5. The lowest BCUT2D eigenvalue weighted by atomic mass is 9.68. The van der Waals surface area contributed by atoms with Crippen molar-refractivity contribution in [3.63, 3.8) is 0 Å². The van der Waals surface area contributed by atoms with Crippen molar-refractivity contribution in [2.75, 3.05) is 53.9 Å². The lowest BCUT2D eigenvalue weighted by Gasteiger charge is -2.49. The smallest absolute Gasteiger partial charge is 0.274 e. The van der Waals surface area contributed by atoms with Crippen molar-refractivity contribution in [1.29, 1.82) is 0 Å². The van der Waals surface area contributed by atoms with Gasteiger partial charge in [-0.25, -0.2) is 0 Å². The first-order chi connectivity index (χ1) is 66.3. The van der Waals surface area contributed by atoms with Gasteiger partial charge in [-0.15, -0.1) is 0 Å². The average Bonchev–Trinajstić information content (AvgIpc) is 1.53. The van der Waals surface area contributed by atoms with Gasteiger partial charge in [-0.3, -0.25) is 72.3 Å². The number of carbonyl (C=O) groups excluding carboxylic acids is 11. The van der Waals surface area contributed by atoms with Crippen molar-refractivity contribution in [2.45, 2.75) is 289 Å². The summed E-state index contributed by atoms with van der Waals surface area (Å²) in [5.41, 5.74) is 13.0. The van der Waals surface area contributed by atoms with E-state index in [1.807, 2.05) is 123 Å². The van der Waals surface area contributed by atoms with Crippen LogP contribution >= 0.6 is 0 Å². The van der Waals surface area contributed by atoms with Crippen molar-refractivity contribution < 1.29 is 72.4 Å². The number of aromatic nitrogens is 3. The Hall–Kier alpha value is -10.6. The topological polar surface area (TPSA) is 281 Å². The lowest BCUT2D eigenvalue weighted by molar-refractivity contribution is -0.318. The number of nitrogens with zero attached hydrogens (tertiary/aromatic N) is 9. The van der Waals surface area contributed by atoms with Crippen molar-refractivity contribution in [2.24, 2.45) is 47.3 Å². The molecule has 24 nitrogen and oxygen atoms in total. The molecule has 5 aromatic carbocycles. The summed E-state index contributed by atoms with van der Waals surface area (Å²) in [7, 11) is 6.24. The summed E-state index contributed by atoms with van der Waals surface area (Å²) >= 11 is 0. The molecule has 3 aromatic heterocycles. The maximum Gasteiger partial charge on any atom is 0.274 e. The molecule has 24 heteroatoms. The van der Waals surface area contributed by atoms with Gasteiger partial charge in [0.1, 0.15) is 58.2 Å². The molecule has 0 bridgehead atoms. The number of likely N-dealkylation sites (N-methyl/N-ethyl adjacent to an activating group) is 3. The predicted octanol–water partition coefficient (Wildman–Crippen LogP) is 15.4. The molecule has 3 amide bonds. The van der Waals surface area contributed by atoms with Gasteiger partial charge in [-0.1, -0.05) is 184 Å². The number of piperidine rings is 1. The fourth-order valence-corrected chi connectivity index (χ4v) is 25.8. The number of fused-ring (bicyclic) bond motifs is 12. The zero-order valence-corrected chi connectivity index (χ0v) is 82.7. The van der Waals surface area contributed by atoms with Gasteiger partial charge in [-0.05, 0) is 183 Å². The average molecular weight is 1880 g/mol. The van der Waals surface area contributed by atoms with E-state index in [0.29, 0.717) is 122 Å². The molecule has 0 spiro atoms. The molecule has 0 saturated carbocycles. The number of Topliss-reactive ketones (excluding diaryl/α,β-unsaturated/α-hetero) is 8. The molecule has 9 aliphatic heterocycles. The van der Waals surface area contributed by atoms with E-state index < -0.39 is 76.5 Å². The third-order valence-corrected chi connectivity index (χ3v) is 33.6. The molecule has 12 aliphatic rings. The van der Waals surface area contributed by atoms with Crippen LogP contribution in [0.4, 0.5) is 0 Å². The van der Waals surface area contributed by atoms with E-state index in [1.165, 1.54) is 54.4 Å². The molecule has 20 rings (SSSR count). The standard InChI is InChI=1S/C44H53N3O6.C42H50N4O6.C28H36N2O3/c1-5-27(3)43(41(50)40-34(21-28-13-8-7-9-14-28)42(51)47-20-12-18-38(47)44(40,52)53-43)24-37(49)29-22-33-32-16-10-17-35-39(32)30(23-36(33)45(4)25-29)26-46(35)19-11-15-31(48)6-2;1-5-30(47)14-10-18-44-25-29-22-34-32(31-15-9-16-33(44)38(29)31)21-28(24-43(34)4)36(48)23-41(26(2)3)40(50)46-35(20-27-12-7-6-8-13-27)39(49)45-19-11-17-37(45)42(46,51)52-41;1-5-21(31)9-8-12-30-17-20-15-25-23(22-10-7-11-24(30)28(20)22)14-19(16-29(25)4)27(33)13-18(3)26(32)6-2/h7-10,13-14,16-17,22,26-27,29,34,36,38,40,52H,5-6,11-12,15,18-21,23-25H2,1-4H3;6-9,12-13,15-16,21,25-26,28,34-35,37,51H,5,10-11,14,17-20,22-24H2,1-4H3;7,10-11,14,17-19,25H,5-6,8-9,12-13,15-16H2,1-4H3/t27?,29-,34-,36-,38+,40?,43-,44+;28-,34-,35+,37+,41-,42+;18-,19-,25-/m111/s1. The Balaban J connectivity index is 0.000000142. The number of hydrogen-bond acceptors (Lipinski definition) is 18. The van der Waals surface area contributed by atoms with Crippen LogP contribution in [0.2, 0.25) is 0 Å². The Labute approximate surface area is 810 Å². The first kappa shape index (κ1) is 97.6. The summed E-state index contributed by atoms with van der Waals surface area (Å²) in [4.78, 5) is 160. The van der Waals surface area contributed by atoms with Crippen molar-refractivity contribution in [3.8, 4) is 0 Å². The summed E-state index contributed by atoms with van der Waals surface area (Å²) in [6, 6.07) is 36.6. The first-order valence-corrected chi connectivity index (χ1v) is 51.5. The van der Waals surface area contributed by atoms with Crippen LogP contribution < -0.4 is 0 Å². The van der Waals surface area contributed by atoms with E-state index in [4.69, 9.17) is 9.47 Å². The van der Waals surface area contributed by atoms with Gasteiger partial charge in [0.05, 0.1) is 17.9 Å². The van der Waals surface area contributed by atoms with E-state index >= 15 is 4.79 Å². The first-order valence-electron chi connectivity index (χ1n) is 51.5. The van der Waals surface area contributed by atoms with Crippen LogP contribution in [0.15, 0.2) is 152 Å². The molecule has 2 unspecified atom stereocenters. The monoisotopic (exact) mass is 1870 g/mol. The zero-order chi connectivity index (χ0) is 97.5. The number of piperazine rings is 1. The molecule has 3 aliphatic carbocycles. The summed E-state index contributed by atoms with van der Waals surface area (Å²) < 4.78 is 20.3. The van der Waals surface area contributed by atoms with E-state index in [0.717, 1.165) is 109 Å². The molecular weight excluding hydrogens is 1740 g/mol. The highest BCUT2D eigenvalue weighted by Crippen LogP contribution is 2.58. The van der Waals surface area contributed by atoms with Crippen LogP contribution in [-0.4, -0.2) is 230 Å². The molecule has 730 valence electrons. The number of hydrogen-bond donors (Lipinski definition) is 2. The minimum absolute atomic E-state index is 0.0796. The number of aryl methyl sites for hydroxylation is 3. The maximum absolute atomic E-state index is 15.1. The fraction of sp³-hybridized carbons (Fsp3) is 0.535. The molecule has 6 fully saturated rings. The van der Waals surface area contributed by atoms with Gasteiger partial charge in [0.2, 0.25) is 11.8 Å². The predicted molar refractivity (Wildman–Crippen MR) is 532 cm³/mol. The van der Waals surface area contributed by atoms with Crippen LogP contribution in [0.3, 0.4) is 0 Å². The number of amides is 3. The number of carbonyl (C=O) groups is 11. The zero-order valence-electron chi connectivity index (χ0n) is 82.7. The molecule has 17 atom stereocenters. The van der Waals surface area contributed by atoms with Gasteiger partial charge in [-0.2, -0.15) is 0 Å². The molecule has 2 N–H and O–H groups in total. The minimum Gasteiger partial charge on any atom is -0.363 e. The van der Waals surface area contributed by atoms with Crippen LogP contribution in [0.5, 0.6) is 0 Å². The Morgan fingerprint density at radius 3 is 1.30 bits per heavy atom. The largest absolute Gasteiger partial charge is 0.363 e. The summed E-state index contributed by atoms with van der Waals surface area (Å²) in [6.07, 6.45) is 25.9. The quantitative estimate of drug-likeness (QED) is 0.0386. The summed E-state index contributed by atoms with van der Waals surface area (Å²) in [5, 5.41) is 28.7. The third-order valence-electron chi connectivity index (χ3n) is 33.6. The molecule has 138 heavy (non-hydrogen) atoms. The van der Waals surface area contributed by atoms with Gasteiger partial charge in [0.15, 0.2) is 17.2 Å². The van der Waals surface area contributed by atoms with Crippen molar-refractivity contribution in [3.05, 3.63) is 197 Å². The van der Waals surface area contributed by atoms with Gasteiger partial charge < -0.3 is 43.2 Å². The second kappa shape index (κ2) is 39.5. The molecular formula is C114H139N9O15. The molecule has 0 radical (unpaired) electrons. The Bertz CT molecular complexity index is 6210. The number of aliphatic hydroxyl groups is 2. The maximum atomic E-state index is 15.1. The van der Waals surface area contributed by atoms with Gasteiger partial charge in [0.25, 0.3) is 11.8 Å². The van der Waals surface area contributed by atoms with Crippen LogP contribution in [0, 0.1) is 47.3 Å². The highest BCUT2D eigenvalue weighted by atomic mass is 16.7. The van der Waals surface area contributed by atoms with E-state index in [-0.39, 0.29) is 107 Å². The number of ether oxygens (including phenoxy) is 2. The second-order valence-electron chi connectivity index (χ2n) is 42.2. The van der Waals surface area contributed by atoms with Gasteiger partial charge in [0, 0.05) is 216 Å². The summed E-state index contributed by atoms with van der Waals surface area (Å²) in [6.45, 7) is 22.3. The second-order valence-corrected chi connectivity index (χ2v) is 42.2. The highest BCUT2D eigenvalue weighted by Gasteiger charge is 2.74. The van der Waals surface area contributed by atoms with Crippen LogP contribution in [-0.2, 0) is 114 Å². The Kier molecular flexibility index (Phi) is 27.9. The van der Waals surface area contributed by atoms with E-state index in [9.17, 15) is 58.2 Å². The van der Waals surface area contributed by atoms with Crippen LogP contribution in [0.1, 0.15) is 222 Å². The molecule has 6 saturated heterocycles. The van der Waals surface area contributed by atoms with E-state index in [2.05, 4.69) is 141 Å². The summed E-state index contributed by atoms with van der Waals surface area (Å²) in [5.74, 6) is -7.89. The minimum atomic E-state index is -2.02. The highest BCUT2D eigenvalue weighted by molar-refractivity contribution is 6.06. The van der Waals surface area contributed by atoms with Crippen molar-refractivity contribution in [1.82, 2.24) is 43.1 Å². The number of rotatable bonds is 33. The Morgan fingerprint density at radius 2 is 0.884 bits per heavy atom. The number of ketones is 8. The fourth-order valence-electron chi connectivity index (χ4n) is 25.8. The number of benzene rings is 5. The lowest BCUT2D eigenvalue weighted by Crippen LogP contribution is -2.71. The van der Waals surface area contributed by atoms with Gasteiger partial charge >= 0.3 is 0 Å². The Morgan fingerprint density at radius 1 is 0.471 bits per heavy atom. The SMILES string of the molecule is CCC(=O)CCCn1cc2c3c(cccc31)C1=C[C@@H](C(=O)C[C@@H](C)C(=O)CC)CN(C)[C@@H]1C2.CCC(=O)CCCn1cc2c3c(cccc31)C1=C[C@@H](C(=O)C[C@]3(C(C)C)O[C@@]4(O)[C@@H]5CCCN5C(=O)[C@H](Cc5ccccc5)N4C3=O)CN(C)[C@@H]1C2.CCC(=O)CCCn1cc2c3c(cccc31)C1=C[C@@H](C(=O)C[C@]3(C(C)CC)O[C@]4(O)C(C3=O)[C@@H](Cc3ccccc3)C(=O)N3CCC[C@H]34)CN(C)[C@@H]1C2.